The smallest absolute Gasteiger partial charge is 0.196 e. The summed E-state index contributed by atoms with van der Waals surface area (Å²) in [6.45, 7) is 1.85. The Morgan fingerprint density at radius 2 is 2.00 bits per heavy atom. The largest absolute Gasteiger partial charge is 0.398 e. The number of carbonyl (C=O) groups is 1. The molecule has 0 atom stereocenters. The highest BCUT2D eigenvalue weighted by Crippen LogP contribution is 2.22. The molecule has 0 heterocycles. The van der Waals surface area contributed by atoms with Gasteiger partial charge < -0.3 is 5.73 Å². The van der Waals surface area contributed by atoms with E-state index in [9.17, 15) is 9.18 Å². The molecule has 0 aliphatic rings. The van der Waals surface area contributed by atoms with Crippen LogP contribution in [0.2, 0.25) is 0 Å². The van der Waals surface area contributed by atoms with Crippen molar-refractivity contribution in [3.8, 4) is 0 Å². The number of hydrogen-bond acceptors (Lipinski definition) is 2. The van der Waals surface area contributed by atoms with Gasteiger partial charge in [-0.2, -0.15) is 0 Å². The van der Waals surface area contributed by atoms with Gasteiger partial charge >= 0.3 is 0 Å². The third-order valence-electron chi connectivity index (χ3n) is 2.74. The van der Waals surface area contributed by atoms with Crippen LogP contribution in [0.3, 0.4) is 0 Å². The molecule has 0 saturated heterocycles. The van der Waals surface area contributed by atoms with Crippen molar-refractivity contribution in [2.45, 2.75) is 6.92 Å². The van der Waals surface area contributed by atoms with Gasteiger partial charge in [0.15, 0.2) is 5.78 Å². The third kappa shape index (κ3) is 2.29. The number of halogens is 2. The van der Waals surface area contributed by atoms with Crippen molar-refractivity contribution in [3.63, 3.8) is 0 Å². The first-order valence-electron chi connectivity index (χ1n) is 5.35. The van der Waals surface area contributed by atoms with Crippen LogP contribution < -0.4 is 5.73 Å². The monoisotopic (exact) mass is 307 g/mol. The molecule has 2 rings (SSSR count). The summed E-state index contributed by atoms with van der Waals surface area (Å²) in [5.74, 6) is -0.929. The van der Waals surface area contributed by atoms with Crippen LogP contribution in [0.4, 0.5) is 10.1 Å². The van der Waals surface area contributed by atoms with Crippen LogP contribution in [0, 0.1) is 12.7 Å². The molecule has 0 bridgehead atoms. The van der Waals surface area contributed by atoms with Gasteiger partial charge in [-0.3, -0.25) is 4.79 Å². The molecule has 2 nitrogen and oxygen atoms in total. The number of nitrogens with two attached hydrogens (primary N) is 1. The molecular formula is C14H11BrFNO. The molecule has 0 aliphatic carbocycles. The molecule has 0 spiro atoms. The molecule has 92 valence electrons. The maximum Gasteiger partial charge on any atom is 0.196 e. The van der Waals surface area contributed by atoms with Gasteiger partial charge in [-0.1, -0.05) is 18.2 Å². The number of hydrogen-bond donors (Lipinski definition) is 1. The van der Waals surface area contributed by atoms with Crippen molar-refractivity contribution in [1.82, 2.24) is 0 Å². The van der Waals surface area contributed by atoms with Crippen LogP contribution in [-0.2, 0) is 0 Å². The fourth-order valence-electron chi connectivity index (χ4n) is 1.62. The van der Waals surface area contributed by atoms with Crippen LogP contribution >= 0.6 is 15.9 Å². The highest BCUT2D eigenvalue weighted by Gasteiger charge is 2.16. The normalized spacial score (nSPS) is 10.4. The van der Waals surface area contributed by atoms with Crippen LogP contribution in [0.15, 0.2) is 40.9 Å². The van der Waals surface area contributed by atoms with Crippen molar-refractivity contribution in [2.75, 3.05) is 5.73 Å². The van der Waals surface area contributed by atoms with Gasteiger partial charge in [0, 0.05) is 11.3 Å². The van der Waals surface area contributed by atoms with E-state index < -0.39 is 5.82 Å². The topological polar surface area (TPSA) is 43.1 Å². The van der Waals surface area contributed by atoms with Crippen molar-refractivity contribution in [3.05, 3.63) is 63.4 Å². The average Bonchev–Trinajstić information content (AvgIpc) is 2.35. The van der Waals surface area contributed by atoms with Crippen molar-refractivity contribution < 1.29 is 9.18 Å². The van der Waals surface area contributed by atoms with Gasteiger partial charge in [0.2, 0.25) is 0 Å². The summed E-state index contributed by atoms with van der Waals surface area (Å²) in [7, 11) is 0. The van der Waals surface area contributed by atoms with Gasteiger partial charge in [-0.05, 0) is 46.6 Å². The van der Waals surface area contributed by atoms with Crippen LogP contribution in [0.25, 0.3) is 0 Å². The molecule has 2 aromatic rings. The number of rotatable bonds is 2. The van der Waals surface area contributed by atoms with Crippen molar-refractivity contribution in [1.29, 1.82) is 0 Å². The molecule has 18 heavy (non-hydrogen) atoms. The maximum absolute atomic E-state index is 13.8. The van der Waals surface area contributed by atoms with E-state index in [-0.39, 0.29) is 15.8 Å². The molecular weight excluding hydrogens is 297 g/mol. The highest BCUT2D eigenvalue weighted by molar-refractivity contribution is 9.10. The van der Waals surface area contributed by atoms with Crippen LogP contribution in [0.5, 0.6) is 0 Å². The minimum absolute atomic E-state index is 0.0348. The van der Waals surface area contributed by atoms with Gasteiger partial charge in [-0.15, -0.1) is 0 Å². The lowest BCUT2D eigenvalue weighted by Crippen LogP contribution is -2.05. The van der Waals surface area contributed by atoms with Crippen LogP contribution in [-0.4, -0.2) is 5.78 Å². The molecule has 0 saturated carbocycles. The molecule has 0 aliphatic heterocycles. The summed E-state index contributed by atoms with van der Waals surface area (Å²) >= 11 is 3.06. The minimum atomic E-state index is -0.554. The molecule has 0 fully saturated rings. The fourth-order valence-corrected chi connectivity index (χ4v) is 1.98. The second-order valence-electron chi connectivity index (χ2n) is 4.00. The SMILES string of the molecule is Cc1ccc(C(=O)c2cccc(Br)c2F)cc1N. The zero-order valence-electron chi connectivity index (χ0n) is 9.71. The zero-order chi connectivity index (χ0) is 13.3. The molecule has 0 radical (unpaired) electrons. The van der Waals surface area contributed by atoms with Crippen molar-refractivity contribution in [2.24, 2.45) is 0 Å². The van der Waals surface area contributed by atoms with E-state index in [0.29, 0.717) is 11.3 Å². The fraction of sp³-hybridized carbons (Fsp3) is 0.0714. The number of ketones is 1. The Balaban J connectivity index is 2.48. The Hall–Kier alpha value is -1.68. The Bertz CT molecular complexity index is 625. The summed E-state index contributed by atoms with van der Waals surface area (Å²) in [4.78, 5) is 12.2. The quantitative estimate of drug-likeness (QED) is 0.679. The first-order chi connectivity index (χ1) is 8.50. The van der Waals surface area contributed by atoms with E-state index in [1.165, 1.54) is 6.07 Å². The maximum atomic E-state index is 13.8. The molecule has 0 aromatic heterocycles. The number of aryl methyl sites for hydroxylation is 1. The van der Waals surface area contributed by atoms with E-state index in [1.54, 1.807) is 30.3 Å². The van der Waals surface area contributed by atoms with E-state index in [1.807, 2.05) is 6.92 Å². The standard InChI is InChI=1S/C14H11BrFNO/c1-8-5-6-9(7-12(8)17)14(18)10-3-2-4-11(15)13(10)16/h2-7H,17H2,1H3. The van der Waals surface area contributed by atoms with Gasteiger partial charge in [-0.25, -0.2) is 4.39 Å². The number of benzene rings is 2. The lowest BCUT2D eigenvalue weighted by Gasteiger charge is -2.06. The summed E-state index contributed by atoms with van der Waals surface area (Å²) in [6.07, 6.45) is 0. The molecule has 2 aromatic carbocycles. The zero-order valence-corrected chi connectivity index (χ0v) is 11.3. The second kappa shape index (κ2) is 4.90. The Labute approximate surface area is 113 Å². The first-order valence-corrected chi connectivity index (χ1v) is 6.15. The Morgan fingerprint density at radius 1 is 1.28 bits per heavy atom. The van der Waals surface area contributed by atoms with E-state index in [4.69, 9.17) is 5.73 Å². The van der Waals surface area contributed by atoms with Gasteiger partial charge in [0.1, 0.15) is 5.82 Å². The Kier molecular flexibility index (Phi) is 3.48. The summed E-state index contributed by atoms with van der Waals surface area (Å²) in [5.41, 5.74) is 7.58. The predicted octanol–water partition coefficient (Wildman–Crippen LogP) is 3.71. The number of carbonyl (C=O) groups excluding carboxylic acids is 1. The molecule has 4 heteroatoms. The lowest BCUT2D eigenvalue weighted by atomic mass is 10.0. The highest BCUT2D eigenvalue weighted by atomic mass is 79.9. The average molecular weight is 308 g/mol. The summed E-state index contributed by atoms with van der Waals surface area (Å²) in [5, 5.41) is 0. The van der Waals surface area contributed by atoms with E-state index in [0.717, 1.165) is 5.56 Å². The number of anilines is 1. The van der Waals surface area contributed by atoms with Crippen LogP contribution in [0.1, 0.15) is 21.5 Å². The first kappa shape index (κ1) is 12.8. The second-order valence-corrected chi connectivity index (χ2v) is 4.86. The number of nitrogen functional groups attached to an aromatic ring is 1. The molecule has 2 N–H and O–H groups in total. The summed E-state index contributed by atoms with van der Waals surface area (Å²) in [6, 6.07) is 9.59. The predicted molar refractivity (Wildman–Crippen MR) is 73.1 cm³/mol. The summed E-state index contributed by atoms with van der Waals surface area (Å²) < 4.78 is 14.1. The van der Waals surface area contributed by atoms with Crippen molar-refractivity contribution >= 4 is 27.4 Å². The van der Waals surface area contributed by atoms with Gasteiger partial charge in [0.05, 0.1) is 10.0 Å². The lowest BCUT2D eigenvalue weighted by molar-refractivity contribution is 0.103. The third-order valence-corrected chi connectivity index (χ3v) is 3.35. The van der Waals surface area contributed by atoms with E-state index in [2.05, 4.69) is 15.9 Å². The van der Waals surface area contributed by atoms with Gasteiger partial charge in [0.25, 0.3) is 0 Å². The van der Waals surface area contributed by atoms with E-state index >= 15 is 0 Å². The molecule has 0 unspecified atom stereocenters. The molecule has 0 amide bonds. The minimum Gasteiger partial charge on any atom is -0.398 e. The Morgan fingerprint density at radius 3 is 2.67 bits per heavy atom.